The minimum Gasteiger partial charge on any atom is -0.492 e. The van der Waals surface area contributed by atoms with Gasteiger partial charge in [-0.3, -0.25) is 4.79 Å². The Morgan fingerprint density at radius 1 is 1.50 bits per heavy atom. The number of rotatable bonds is 4. The van der Waals surface area contributed by atoms with Crippen molar-refractivity contribution in [3.63, 3.8) is 0 Å². The maximum Gasteiger partial charge on any atom is 0.263 e. The highest BCUT2D eigenvalue weighted by Crippen LogP contribution is 2.30. The summed E-state index contributed by atoms with van der Waals surface area (Å²) in [4.78, 5) is 12.2. The van der Waals surface area contributed by atoms with Gasteiger partial charge in [0.1, 0.15) is 10.1 Å². The average molecular weight is 372 g/mol. The summed E-state index contributed by atoms with van der Waals surface area (Å²) in [6, 6.07) is 5.75. The Labute approximate surface area is 136 Å². The average Bonchev–Trinajstić information content (AvgIpc) is 2.66. The highest BCUT2D eigenvalue weighted by Gasteiger charge is 2.21. The van der Waals surface area contributed by atoms with Crippen LogP contribution in [0.25, 0.3) is 6.08 Å². The molecule has 0 aromatic heterocycles. The lowest BCUT2D eigenvalue weighted by atomic mass is 10.2. The van der Waals surface area contributed by atoms with E-state index in [9.17, 15) is 4.79 Å². The molecule has 1 saturated heterocycles. The van der Waals surface area contributed by atoms with E-state index in [1.165, 1.54) is 11.8 Å². The van der Waals surface area contributed by atoms with Crippen LogP contribution in [0, 0.1) is 5.92 Å². The summed E-state index contributed by atoms with van der Waals surface area (Å²) < 4.78 is 7.06. The van der Waals surface area contributed by atoms with Crippen LogP contribution in [0.4, 0.5) is 0 Å². The lowest BCUT2D eigenvalue weighted by Crippen LogP contribution is -2.17. The first kappa shape index (κ1) is 15.5. The number of amides is 1. The minimum atomic E-state index is -0.142. The van der Waals surface area contributed by atoms with Crippen molar-refractivity contribution in [2.75, 3.05) is 6.61 Å². The van der Waals surface area contributed by atoms with Gasteiger partial charge in [0.2, 0.25) is 0 Å². The number of hydrogen-bond acceptors (Lipinski definition) is 4. The molecule has 0 atom stereocenters. The van der Waals surface area contributed by atoms with Gasteiger partial charge >= 0.3 is 0 Å². The van der Waals surface area contributed by atoms with E-state index in [0.29, 0.717) is 21.8 Å². The highest BCUT2D eigenvalue weighted by molar-refractivity contribution is 9.10. The number of ether oxygens (including phenoxy) is 1. The molecule has 0 radical (unpaired) electrons. The molecule has 1 N–H and O–H groups in total. The molecule has 106 valence electrons. The number of thiocarbonyl (C=S) groups is 1. The molecule has 0 saturated carbocycles. The molecule has 20 heavy (non-hydrogen) atoms. The Morgan fingerprint density at radius 2 is 2.25 bits per heavy atom. The molecule has 1 aromatic carbocycles. The van der Waals surface area contributed by atoms with Gasteiger partial charge in [0.15, 0.2) is 0 Å². The molecule has 6 heteroatoms. The first-order valence-electron chi connectivity index (χ1n) is 6.13. The topological polar surface area (TPSA) is 38.3 Å². The summed E-state index contributed by atoms with van der Waals surface area (Å²) in [5.41, 5.74) is 0.927. The minimum absolute atomic E-state index is 0.142. The van der Waals surface area contributed by atoms with Crippen molar-refractivity contribution < 1.29 is 9.53 Å². The molecular weight excluding hydrogens is 358 g/mol. The second kappa shape index (κ2) is 6.74. The number of benzene rings is 1. The van der Waals surface area contributed by atoms with Crippen LogP contribution < -0.4 is 10.1 Å². The fraction of sp³-hybridized carbons (Fsp3) is 0.286. The van der Waals surface area contributed by atoms with E-state index in [1.54, 1.807) is 0 Å². The summed E-state index contributed by atoms with van der Waals surface area (Å²) in [6.07, 6.45) is 1.82. The van der Waals surface area contributed by atoms with Crippen LogP contribution in [0.2, 0.25) is 0 Å². The summed E-state index contributed by atoms with van der Waals surface area (Å²) in [7, 11) is 0. The Balaban J connectivity index is 2.15. The molecule has 1 aliphatic heterocycles. The second-order valence-corrected chi connectivity index (χ2v) is 7.32. The van der Waals surface area contributed by atoms with E-state index >= 15 is 0 Å². The lowest BCUT2D eigenvalue weighted by Gasteiger charge is -2.10. The van der Waals surface area contributed by atoms with Gasteiger partial charge in [-0.25, -0.2) is 0 Å². The monoisotopic (exact) mass is 371 g/mol. The molecular formula is C14H14BrNO2S2. The van der Waals surface area contributed by atoms with Gasteiger partial charge in [-0.2, -0.15) is 0 Å². The molecule has 1 aromatic rings. The first-order valence-corrected chi connectivity index (χ1v) is 8.14. The lowest BCUT2D eigenvalue weighted by molar-refractivity contribution is -0.115. The SMILES string of the molecule is CC(C)COc1ccc(C=C2SC(=S)NC2=O)cc1Br. The van der Waals surface area contributed by atoms with Crippen molar-refractivity contribution >= 4 is 56.2 Å². The fourth-order valence-electron chi connectivity index (χ4n) is 1.55. The number of carbonyl (C=O) groups is 1. The van der Waals surface area contributed by atoms with E-state index < -0.39 is 0 Å². The summed E-state index contributed by atoms with van der Waals surface area (Å²) in [5.74, 6) is 1.14. The standard InChI is InChI=1S/C14H14BrNO2S2/c1-8(2)7-18-11-4-3-9(5-10(11)15)6-12-13(17)16-14(19)20-12/h3-6,8H,7H2,1-2H3,(H,16,17,19). The molecule has 1 amide bonds. The van der Waals surface area contributed by atoms with E-state index in [4.69, 9.17) is 17.0 Å². The van der Waals surface area contributed by atoms with Crippen LogP contribution in [0.15, 0.2) is 27.6 Å². The third-order valence-corrected chi connectivity index (χ3v) is 4.25. The first-order chi connectivity index (χ1) is 9.45. The molecule has 1 heterocycles. The van der Waals surface area contributed by atoms with Crippen LogP contribution in [-0.2, 0) is 4.79 Å². The van der Waals surface area contributed by atoms with Crippen molar-refractivity contribution in [3.05, 3.63) is 33.1 Å². The molecule has 0 unspecified atom stereocenters. The molecule has 0 spiro atoms. The van der Waals surface area contributed by atoms with Crippen molar-refractivity contribution in [2.45, 2.75) is 13.8 Å². The summed E-state index contributed by atoms with van der Waals surface area (Å²) in [5, 5.41) is 2.60. The van der Waals surface area contributed by atoms with Gasteiger partial charge in [-0.05, 0) is 45.6 Å². The summed E-state index contributed by atoms with van der Waals surface area (Å²) in [6.45, 7) is 4.88. The molecule has 1 aliphatic rings. The maximum absolute atomic E-state index is 11.6. The van der Waals surface area contributed by atoms with E-state index in [1.807, 2.05) is 24.3 Å². The summed E-state index contributed by atoms with van der Waals surface area (Å²) >= 11 is 9.72. The Morgan fingerprint density at radius 3 is 2.80 bits per heavy atom. The fourth-order valence-corrected chi connectivity index (χ4v) is 3.11. The number of nitrogens with one attached hydrogen (secondary N) is 1. The maximum atomic E-state index is 11.6. The zero-order chi connectivity index (χ0) is 14.7. The molecule has 3 nitrogen and oxygen atoms in total. The molecule has 0 aliphatic carbocycles. The van der Waals surface area contributed by atoms with E-state index in [2.05, 4.69) is 35.1 Å². The van der Waals surface area contributed by atoms with Crippen LogP contribution in [0.5, 0.6) is 5.75 Å². The number of hydrogen-bond donors (Lipinski definition) is 1. The van der Waals surface area contributed by atoms with Crippen LogP contribution in [0.1, 0.15) is 19.4 Å². The predicted octanol–water partition coefficient (Wildman–Crippen LogP) is 3.97. The van der Waals surface area contributed by atoms with Gasteiger partial charge in [-0.1, -0.05) is 43.9 Å². The van der Waals surface area contributed by atoms with Crippen molar-refractivity contribution in [1.29, 1.82) is 0 Å². The number of carbonyl (C=O) groups excluding carboxylic acids is 1. The molecule has 2 rings (SSSR count). The van der Waals surface area contributed by atoms with Gasteiger partial charge in [0, 0.05) is 0 Å². The zero-order valence-corrected chi connectivity index (χ0v) is 14.3. The Kier molecular flexibility index (Phi) is 5.23. The Hall–Kier alpha value is -0.850. The quantitative estimate of drug-likeness (QED) is 0.641. The van der Waals surface area contributed by atoms with Crippen molar-refractivity contribution in [2.24, 2.45) is 5.92 Å². The van der Waals surface area contributed by atoms with Gasteiger partial charge < -0.3 is 10.1 Å². The molecule has 1 fully saturated rings. The number of thioether (sulfide) groups is 1. The number of halogens is 1. The van der Waals surface area contributed by atoms with Gasteiger partial charge in [0.25, 0.3) is 5.91 Å². The predicted molar refractivity (Wildman–Crippen MR) is 90.8 cm³/mol. The highest BCUT2D eigenvalue weighted by atomic mass is 79.9. The van der Waals surface area contributed by atoms with Crippen LogP contribution in [0.3, 0.4) is 0 Å². The van der Waals surface area contributed by atoms with E-state index in [0.717, 1.165) is 15.8 Å². The third kappa shape index (κ3) is 4.07. The van der Waals surface area contributed by atoms with Crippen molar-refractivity contribution in [3.8, 4) is 5.75 Å². The normalized spacial score (nSPS) is 16.9. The molecule has 0 bridgehead atoms. The second-order valence-electron chi connectivity index (χ2n) is 4.75. The van der Waals surface area contributed by atoms with Gasteiger partial charge in [0.05, 0.1) is 16.0 Å². The third-order valence-electron chi connectivity index (χ3n) is 2.47. The smallest absolute Gasteiger partial charge is 0.263 e. The largest absolute Gasteiger partial charge is 0.492 e. The van der Waals surface area contributed by atoms with Gasteiger partial charge in [-0.15, -0.1) is 0 Å². The Bertz CT molecular complexity index is 585. The van der Waals surface area contributed by atoms with E-state index in [-0.39, 0.29) is 5.91 Å². The van der Waals surface area contributed by atoms with Crippen LogP contribution in [-0.4, -0.2) is 16.8 Å². The zero-order valence-electron chi connectivity index (χ0n) is 11.1. The van der Waals surface area contributed by atoms with Crippen LogP contribution >= 0.6 is 39.9 Å². The van der Waals surface area contributed by atoms with Crippen molar-refractivity contribution in [1.82, 2.24) is 5.32 Å².